The Labute approximate surface area is 50.0 Å². The average Bonchev–Trinajstić information content (AvgIpc) is 2.17. The molecule has 0 fully saturated rings. The molecule has 46 valence electrons. The molecule has 2 heteroatoms. The second kappa shape index (κ2) is 1.69. The summed E-state index contributed by atoms with van der Waals surface area (Å²) < 4.78 is 0. The fraction of sp³-hybridized carbons (Fsp3) is 0.667. The summed E-state index contributed by atoms with van der Waals surface area (Å²) in [6, 6.07) is 0. The molecule has 0 aromatic carbocycles. The van der Waals surface area contributed by atoms with Gasteiger partial charge in [0.05, 0.1) is 0 Å². The molecule has 0 aromatic rings. The van der Waals surface area contributed by atoms with Crippen LogP contribution in [0.1, 0.15) is 20.3 Å². The maximum atomic E-state index is 3.19. The van der Waals surface area contributed by atoms with E-state index in [4.69, 9.17) is 0 Å². The van der Waals surface area contributed by atoms with Crippen LogP contribution in [0.15, 0.2) is 12.4 Å². The molecule has 0 saturated carbocycles. The highest BCUT2D eigenvalue weighted by Gasteiger charge is 2.19. The van der Waals surface area contributed by atoms with Crippen LogP contribution < -0.4 is 10.6 Å². The summed E-state index contributed by atoms with van der Waals surface area (Å²) in [7, 11) is 0. The molecule has 1 aliphatic rings. The van der Waals surface area contributed by atoms with Crippen molar-refractivity contribution in [1.82, 2.24) is 10.6 Å². The van der Waals surface area contributed by atoms with Gasteiger partial charge in [0.15, 0.2) is 0 Å². The van der Waals surface area contributed by atoms with Crippen molar-refractivity contribution in [3.05, 3.63) is 12.4 Å². The molecule has 1 rings (SSSR count). The van der Waals surface area contributed by atoms with E-state index >= 15 is 0 Å². The van der Waals surface area contributed by atoms with Crippen LogP contribution in [-0.2, 0) is 0 Å². The highest BCUT2D eigenvalue weighted by Crippen LogP contribution is 2.07. The van der Waals surface area contributed by atoms with Crippen LogP contribution in [0, 0.1) is 0 Å². The van der Waals surface area contributed by atoms with Crippen molar-refractivity contribution in [3.8, 4) is 0 Å². The van der Waals surface area contributed by atoms with Crippen LogP contribution in [0.3, 0.4) is 0 Å². The first-order chi connectivity index (χ1) is 3.77. The number of hydrogen-bond acceptors (Lipinski definition) is 2. The predicted molar refractivity (Wildman–Crippen MR) is 34.1 cm³/mol. The fourth-order valence-electron chi connectivity index (χ4n) is 0.697. The summed E-state index contributed by atoms with van der Waals surface area (Å²) in [5, 5.41) is 6.38. The van der Waals surface area contributed by atoms with E-state index in [1.165, 1.54) is 0 Å². The molecule has 0 spiro atoms. The smallest absolute Gasteiger partial charge is 0.104 e. The maximum absolute atomic E-state index is 3.19. The van der Waals surface area contributed by atoms with Gasteiger partial charge in [-0.1, -0.05) is 6.92 Å². The number of hydrogen-bond donors (Lipinski definition) is 2. The number of nitrogens with one attached hydrogen (secondary N) is 2. The molecule has 0 aliphatic carbocycles. The lowest BCUT2D eigenvalue weighted by Crippen LogP contribution is -2.44. The van der Waals surface area contributed by atoms with E-state index in [9.17, 15) is 0 Å². The van der Waals surface area contributed by atoms with Crippen LogP contribution in [0.4, 0.5) is 0 Å². The van der Waals surface area contributed by atoms with E-state index in [0.717, 1.165) is 6.42 Å². The SMILES string of the molecule is CCC1(C)NC=CN1. The Kier molecular flexibility index (Phi) is 1.16. The van der Waals surface area contributed by atoms with E-state index in [0.29, 0.717) is 0 Å². The van der Waals surface area contributed by atoms with Gasteiger partial charge >= 0.3 is 0 Å². The summed E-state index contributed by atoms with van der Waals surface area (Å²) in [4.78, 5) is 0. The molecular formula is C6H12N2. The summed E-state index contributed by atoms with van der Waals surface area (Å²) in [6.07, 6.45) is 4.97. The van der Waals surface area contributed by atoms with Gasteiger partial charge in [0.25, 0.3) is 0 Å². The molecular weight excluding hydrogens is 100 g/mol. The minimum atomic E-state index is 0.125. The minimum Gasteiger partial charge on any atom is -0.368 e. The van der Waals surface area contributed by atoms with Gasteiger partial charge in [0.1, 0.15) is 5.66 Å². The molecule has 2 N–H and O–H groups in total. The van der Waals surface area contributed by atoms with Crippen molar-refractivity contribution in [2.45, 2.75) is 25.9 Å². The topological polar surface area (TPSA) is 24.1 Å². The zero-order valence-corrected chi connectivity index (χ0v) is 5.36. The molecule has 0 atom stereocenters. The first-order valence-electron chi connectivity index (χ1n) is 2.97. The van der Waals surface area contributed by atoms with Crippen molar-refractivity contribution in [2.75, 3.05) is 0 Å². The van der Waals surface area contributed by atoms with Gasteiger partial charge in [0, 0.05) is 12.4 Å². The predicted octanol–water partition coefficient (Wildman–Crippen LogP) is 0.777. The van der Waals surface area contributed by atoms with E-state index in [1.54, 1.807) is 0 Å². The Morgan fingerprint density at radius 3 is 2.12 bits per heavy atom. The molecule has 1 aliphatic heterocycles. The van der Waals surface area contributed by atoms with Crippen molar-refractivity contribution in [3.63, 3.8) is 0 Å². The molecule has 0 bridgehead atoms. The Morgan fingerprint density at radius 1 is 1.38 bits per heavy atom. The number of rotatable bonds is 1. The average molecular weight is 112 g/mol. The second-order valence-electron chi connectivity index (χ2n) is 2.31. The van der Waals surface area contributed by atoms with Crippen LogP contribution in [-0.4, -0.2) is 5.66 Å². The molecule has 0 radical (unpaired) electrons. The van der Waals surface area contributed by atoms with Gasteiger partial charge in [0.2, 0.25) is 0 Å². The third-order valence-corrected chi connectivity index (χ3v) is 1.59. The summed E-state index contributed by atoms with van der Waals surface area (Å²) in [6.45, 7) is 4.28. The lowest BCUT2D eigenvalue weighted by molar-refractivity contribution is 0.370. The van der Waals surface area contributed by atoms with Gasteiger partial charge in [-0.15, -0.1) is 0 Å². The molecule has 8 heavy (non-hydrogen) atoms. The highest BCUT2D eigenvalue weighted by atomic mass is 15.2. The molecule has 0 amide bonds. The van der Waals surface area contributed by atoms with Crippen LogP contribution in [0.25, 0.3) is 0 Å². The lowest BCUT2D eigenvalue weighted by Gasteiger charge is -2.23. The van der Waals surface area contributed by atoms with E-state index in [-0.39, 0.29) is 5.66 Å². The van der Waals surface area contributed by atoms with Gasteiger partial charge in [-0.25, -0.2) is 0 Å². The van der Waals surface area contributed by atoms with Crippen molar-refractivity contribution >= 4 is 0 Å². The first kappa shape index (κ1) is 5.48. The van der Waals surface area contributed by atoms with Crippen LogP contribution in [0.2, 0.25) is 0 Å². The normalized spacial score (nSPS) is 22.2. The molecule has 0 unspecified atom stereocenters. The highest BCUT2D eigenvalue weighted by molar-refractivity contribution is 4.98. The molecule has 0 aromatic heterocycles. The van der Waals surface area contributed by atoms with Gasteiger partial charge in [-0.2, -0.15) is 0 Å². The Balaban J connectivity index is 2.46. The summed E-state index contributed by atoms with van der Waals surface area (Å²) >= 11 is 0. The van der Waals surface area contributed by atoms with Crippen molar-refractivity contribution in [1.29, 1.82) is 0 Å². The Hall–Kier alpha value is -0.660. The van der Waals surface area contributed by atoms with Gasteiger partial charge < -0.3 is 10.6 Å². The van der Waals surface area contributed by atoms with Crippen LogP contribution >= 0.6 is 0 Å². The molecule has 1 heterocycles. The Morgan fingerprint density at radius 2 is 1.88 bits per heavy atom. The minimum absolute atomic E-state index is 0.125. The van der Waals surface area contributed by atoms with Crippen molar-refractivity contribution in [2.24, 2.45) is 0 Å². The van der Waals surface area contributed by atoms with Gasteiger partial charge in [-0.3, -0.25) is 0 Å². The summed E-state index contributed by atoms with van der Waals surface area (Å²) in [5.41, 5.74) is 0.125. The molecule has 0 saturated heterocycles. The Bertz CT molecular complexity index is 99.1. The maximum Gasteiger partial charge on any atom is 0.104 e. The standard InChI is InChI=1S/C6H12N2/c1-3-6(2)7-4-5-8-6/h4-5,7-8H,3H2,1-2H3. The lowest BCUT2D eigenvalue weighted by atomic mass is 10.1. The van der Waals surface area contributed by atoms with Crippen LogP contribution in [0.5, 0.6) is 0 Å². The zero-order chi connectivity index (χ0) is 6.04. The quantitative estimate of drug-likeness (QED) is 0.523. The second-order valence-corrected chi connectivity index (χ2v) is 2.31. The first-order valence-corrected chi connectivity index (χ1v) is 2.97. The van der Waals surface area contributed by atoms with E-state index in [2.05, 4.69) is 24.5 Å². The monoisotopic (exact) mass is 112 g/mol. The van der Waals surface area contributed by atoms with Gasteiger partial charge in [-0.05, 0) is 13.3 Å². The third-order valence-electron chi connectivity index (χ3n) is 1.59. The largest absolute Gasteiger partial charge is 0.368 e. The summed E-state index contributed by atoms with van der Waals surface area (Å²) in [5.74, 6) is 0. The fourth-order valence-corrected chi connectivity index (χ4v) is 0.697. The molecule has 2 nitrogen and oxygen atoms in total. The van der Waals surface area contributed by atoms with Crippen molar-refractivity contribution < 1.29 is 0 Å². The zero-order valence-electron chi connectivity index (χ0n) is 5.36. The third kappa shape index (κ3) is 0.782. The van der Waals surface area contributed by atoms with E-state index in [1.807, 2.05) is 12.4 Å². The van der Waals surface area contributed by atoms with E-state index < -0.39 is 0 Å².